The highest BCUT2D eigenvalue weighted by Gasteiger charge is 2.29. The third kappa shape index (κ3) is 8.84. The van der Waals surface area contributed by atoms with E-state index in [-0.39, 0.29) is 34.6 Å². The number of halogens is 1. The highest BCUT2D eigenvalue weighted by molar-refractivity contribution is 14.0. The molecule has 25 heavy (non-hydrogen) atoms. The third-order valence-corrected chi connectivity index (χ3v) is 6.35. The topological polar surface area (TPSA) is 65.5 Å². The molecule has 1 aliphatic carbocycles. The summed E-state index contributed by atoms with van der Waals surface area (Å²) in [6.07, 6.45) is 9.13. The quantitative estimate of drug-likeness (QED) is 0.296. The third-order valence-electron chi connectivity index (χ3n) is 4.83. The largest absolute Gasteiger partial charge is 0.357 e. The molecule has 1 saturated carbocycles. The molecule has 0 aromatic rings. The van der Waals surface area contributed by atoms with Crippen LogP contribution in [0.3, 0.4) is 0 Å². The van der Waals surface area contributed by atoms with Gasteiger partial charge in [0.15, 0.2) is 5.96 Å². The average Bonchev–Trinajstić information content (AvgIpc) is 3.01. The van der Waals surface area contributed by atoms with E-state index >= 15 is 0 Å². The number of amides is 1. The van der Waals surface area contributed by atoms with Crippen molar-refractivity contribution in [3.05, 3.63) is 0 Å². The van der Waals surface area contributed by atoms with E-state index < -0.39 is 0 Å². The lowest BCUT2D eigenvalue weighted by Gasteiger charge is -2.23. The van der Waals surface area contributed by atoms with E-state index in [0.717, 1.165) is 31.9 Å². The Labute approximate surface area is 174 Å². The van der Waals surface area contributed by atoms with Crippen LogP contribution in [0.1, 0.15) is 65.2 Å². The molecule has 0 aromatic heterocycles. The molecule has 7 heteroatoms. The Balaban J connectivity index is 0.00000312. The fourth-order valence-corrected chi connectivity index (χ4v) is 4.62. The molecule has 1 atom stereocenters. The van der Waals surface area contributed by atoms with Gasteiger partial charge in [0.05, 0.1) is 6.54 Å². The van der Waals surface area contributed by atoms with E-state index in [2.05, 4.69) is 29.8 Å². The Morgan fingerprint density at radius 1 is 1.20 bits per heavy atom. The second-order valence-electron chi connectivity index (χ2n) is 7.18. The molecular weight excluding hydrogens is 447 g/mol. The second-order valence-corrected chi connectivity index (χ2v) is 8.86. The summed E-state index contributed by atoms with van der Waals surface area (Å²) in [5.41, 5.74) is 0. The van der Waals surface area contributed by atoms with Crippen LogP contribution in [0.4, 0.5) is 0 Å². The van der Waals surface area contributed by atoms with Crippen molar-refractivity contribution in [2.24, 2.45) is 4.99 Å². The maximum absolute atomic E-state index is 12.1. The van der Waals surface area contributed by atoms with Gasteiger partial charge in [-0.2, -0.15) is 11.8 Å². The van der Waals surface area contributed by atoms with E-state index in [1.807, 2.05) is 11.8 Å². The first-order valence-electron chi connectivity index (χ1n) is 9.57. The maximum atomic E-state index is 12.1. The Morgan fingerprint density at radius 3 is 2.60 bits per heavy atom. The van der Waals surface area contributed by atoms with Gasteiger partial charge in [-0.1, -0.05) is 19.3 Å². The zero-order valence-corrected chi connectivity index (χ0v) is 18.9. The SMILES string of the molecule is CCNC(=NCC1(C)CCCS1)NCCC(=O)NC1CCCCC1.I. The van der Waals surface area contributed by atoms with Crippen LogP contribution >= 0.6 is 35.7 Å². The van der Waals surface area contributed by atoms with Gasteiger partial charge in [0.1, 0.15) is 0 Å². The molecule has 1 amide bonds. The molecule has 2 aliphatic rings. The first kappa shape index (κ1) is 22.9. The molecule has 1 saturated heterocycles. The fourth-order valence-electron chi connectivity index (χ4n) is 3.39. The van der Waals surface area contributed by atoms with E-state index in [1.54, 1.807) is 0 Å². The van der Waals surface area contributed by atoms with Gasteiger partial charge >= 0.3 is 0 Å². The lowest BCUT2D eigenvalue weighted by Crippen LogP contribution is -2.41. The summed E-state index contributed by atoms with van der Waals surface area (Å²) < 4.78 is 0.278. The van der Waals surface area contributed by atoms with Crippen molar-refractivity contribution in [1.29, 1.82) is 0 Å². The number of guanidine groups is 1. The summed E-state index contributed by atoms with van der Waals surface area (Å²) >= 11 is 2.03. The minimum absolute atomic E-state index is 0. The van der Waals surface area contributed by atoms with Crippen LogP contribution in [0.15, 0.2) is 4.99 Å². The summed E-state index contributed by atoms with van der Waals surface area (Å²) in [7, 11) is 0. The predicted molar refractivity (Wildman–Crippen MR) is 119 cm³/mol. The molecule has 1 aliphatic heterocycles. The standard InChI is InChI=1S/C18H34N4OS.HI/c1-3-19-17(21-14-18(2)11-7-13-24-18)20-12-10-16(23)22-15-8-5-4-6-9-15;/h15H,3-14H2,1-2H3,(H,22,23)(H2,19,20,21);1H. The number of nitrogens with zero attached hydrogens (tertiary/aromatic N) is 1. The van der Waals surface area contributed by atoms with Crippen LogP contribution in [0.5, 0.6) is 0 Å². The van der Waals surface area contributed by atoms with Crippen LogP contribution in [-0.4, -0.2) is 48.0 Å². The Hall–Kier alpha value is -0.180. The van der Waals surface area contributed by atoms with Gasteiger partial charge in [0.2, 0.25) is 5.91 Å². The minimum atomic E-state index is 0. The second kappa shape index (κ2) is 12.3. The summed E-state index contributed by atoms with van der Waals surface area (Å²) in [5.74, 6) is 2.23. The average molecular weight is 482 g/mol. The van der Waals surface area contributed by atoms with Crippen molar-refractivity contribution >= 4 is 47.6 Å². The van der Waals surface area contributed by atoms with Crippen molar-refractivity contribution in [2.75, 3.05) is 25.4 Å². The monoisotopic (exact) mass is 482 g/mol. The molecule has 0 aromatic carbocycles. The molecule has 1 heterocycles. The van der Waals surface area contributed by atoms with Gasteiger partial charge in [0.25, 0.3) is 0 Å². The fraction of sp³-hybridized carbons (Fsp3) is 0.889. The van der Waals surface area contributed by atoms with E-state index in [9.17, 15) is 4.79 Å². The molecule has 0 radical (unpaired) electrons. The lowest BCUT2D eigenvalue weighted by molar-refractivity contribution is -0.121. The number of thioether (sulfide) groups is 1. The number of hydrogen-bond acceptors (Lipinski definition) is 3. The zero-order chi connectivity index (χ0) is 17.3. The van der Waals surface area contributed by atoms with E-state index in [1.165, 1.54) is 37.9 Å². The number of carbonyl (C=O) groups is 1. The van der Waals surface area contributed by atoms with Crippen LogP contribution in [0.2, 0.25) is 0 Å². The summed E-state index contributed by atoms with van der Waals surface area (Å²) in [5, 5.41) is 9.74. The predicted octanol–water partition coefficient (Wildman–Crippen LogP) is 3.28. The van der Waals surface area contributed by atoms with Gasteiger partial charge < -0.3 is 16.0 Å². The van der Waals surface area contributed by atoms with Gasteiger partial charge in [-0.15, -0.1) is 24.0 Å². The van der Waals surface area contributed by atoms with Crippen molar-refractivity contribution in [3.63, 3.8) is 0 Å². The molecule has 0 spiro atoms. The van der Waals surface area contributed by atoms with Gasteiger partial charge in [-0.05, 0) is 45.3 Å². The Morgan fingerprint density at radius 2 is 1.96 bits per heavy atom. The Bertz CT molecular complexity index is 421. The van der Waals surface area contributed by atoms with Gasteiger partial charge in [0, 0.05) is 30.3 Å². The molecule has 3 N–H and O–H groups in total. The van der Waals surface area contributed by atoms with Crippen LogP contribution in [-0.2, 0) is 4.79 Å². The van der Waals surface area contributed by atoms with Gasteiger partial charge in [-0.25, -0.2) is 0 Å². The molecule has 2 fully saturated rings. The molecule has 5 nitrogen and oxygen atoms in total. The smallest absolute Gasteiger partial charge is 0.221 e. The Kier molecular flexibility index (Phi) is 11.2. The lowest BCUT2D eigenvalue weighted by atomic mass is 9.95. The van der Waals surface area contributed by atoms with Gasteiger partial charge in [-0.3, -0.25) is 9.79 Å². The summed E-state index contributed by atoms with van der Waals surface area (Å²) in [6.45, 7) is 6.67. The molecule has 0 bridgehead atoms. The maximum Gasteiger partial charge on any atom is 0.221 e. The van der Waals surface area contributed by atoms with Crippen molar-refractivity contribution < 1.29 is 4.79 Å². The van der Waals surface area contributed by atoms with E-state index in [4.69, 9.17) is 4.99 Å². The van der Waals surface area contributed by atoms with Crippen molar-refractivity contribution in [1.82, 2.24) is 16.0 Å². The first-order chi connectivity index (χ1) is 11.6. The number of nitrogens with one attached hydrogen (secondary N) is 3. The molecule has 1 unspecified atom stereocenters. The van der Waals surface area contributed by atoms with Crippen molar-refractivity contribution in [2.45, 2.75) is 76.0 Å². The van der Waals surface area contributed by atoms with Crippen LogP contribution < -0.4 is 16.0 Å². The van der Waals surface area contributed by atoms with Crippen LogP contribution in [0.25, 0.3) is 0 Å². The van der Waals surface area contributed by atoms with Crippen LogP contribution in [0, 0.1) is 0 Å². The minimum Gasteiger partial charge on any atom is -0.357 e. The summed E-state index contributed by atoms with van der Waals surface area (Å²) in [4.78, 5) is 16.8. The number of hydrogen-bond donors (Lipinski definition) is 3. The van der Waals surface area contributed by atoms with Crippen molar-refractivity contribution in [3.8, 4) is 0 Å². The number of aliphatic imine (C=N–C) groups is 1. The highest BCUT2D eigenvalue weighted by Crippen LogP contribution is 2.37. The number of carbonyl (C=O) groups excluding carboxylic acids is 1. The molecule has 2 rings (SSSR count). The van der Waals surface area contributed by atoms with E-state index in [0.29, 0.717) is 19.0 Å². The zero-order valence-electron chi connectivity index (χ0n) is 15.7. The number of rotatable bonds is 7. The summed E-state index contributed by atoms with van der Waals surface area (Å²) in [6, 6.07) is 0.396. The molecule has 146 valence electrons. The highest BCUT2D eigenvalue weighted by atomic mass is 127. The normalized spacial score (nSPS) is 24.5. The first-order valence-corrected chi connectivity index (χ1v) is 10.6. The molecular formula is C18H35IN4OS.